The van der Waals surface area contributed by atoms with Crippen LogP contribution in [-0.4, -0.2) is 24.3 Å². The molecule has 0 spiro atoms. The molecule has 1 rings (SSSR count). The number of β-amino-alcohol motifs (C(OH)–C–C–N with tert-alkyl or cyclic N) is 1. The number of hydrogen-bond acceptors (Lipinski definition) is 2. The highest BCUT2D eigenvalue weighted by molar-refractivity contribution is 4.86. The maximum absolute atomic E-state index is 8.61. The molecule has 35 valence electrons. The summed E-state index contributed by atoms with van der Waals surface area (Å²) in [4.78, 5) is 0. The van der Waals surface area contributed by atoms with E-state index < -0.39 is 0 Å². The molecule has 0 aromatic carbocycles. The molecule has 1 aliphatic rings. The van der Waals surface area contributed by atoms with Gasteiger partial charge in [-0.2, -0.15) is 0 Å². The van der Waals surface area contributed by atoms with Crippen LogP contribution >= 0.6 is 0 Å². The first kappa shape index (κ1) is 4.09. The summed E-state index contributed by atoms with van der Waals surface area (Å²) in [5.74, 6) is 0. The summed E-state index contributed by atoms with van der Waals surface area (Å²) in [6.45, 7) is 1.60. The molecule has 2 heteroatoms. The smallest absolute Gasteiger partial charge is 0.0708 e. The molecule has 1 fully saturated rings. The first-order valence-electron chi connectivity index (χ1n) is 2.12. The normalized spacial score (nSPS) is 34.5. The van der Waals surface area contributed by atoms with Crippen LogP contribution in [0.25, 0.3) is 0 Å². The topological polar surface area (TPSA) is 32.3 Å². The summed E-state index contributed by atoms with van der Waals surface area (Å²) in [6.07, 6.45) is 1.66. The molecule has 0 aromatic heterocycles. The largest absolute Gasteiger partial charge is 0.391 e. The second kappa shape index (κ2) is 1.58. The van der Waals surface area contributed by atoms with Crippen LogP contribution in [0.1, 0.15) is 0 Å². The zero-order valence-corrected chi connectivity index (χ0v) is 3.52. The van der Waals surface area contributed by atoms with E-state index in [1.54, 1.807) is 0 Å². The summed E-state index contributed by atoms with van der Waals surface area (Å²) in [5.41, 5.74) is 0. The zero-order chi connectivity index (χ0) is 4.41. The van der Waals surface area contributed by atoms with Crippen molar-refractivity contribution in [2.75, 3.05) is 13.1 Å². The Morgan fingerprint density at radius 1 is 1.83 bits per heavy atom. The maximum Gasteiger partial charge on any atom is 0.0708 e. The third kappa shape index (κ3) is 0.698. The molecule has 1 radical (unpaired) electrons. The lowest BCUT2D eigenvalue weighted by Crippen LogP contribution is -2.11. The molecule has 1 aliphatic heterocycles. The van der Waals surface area contributed by atoms with Crippen LogP contribution in [0.2, 0.25) is 0 Å². The maximum atomic E-state index is 8.61. The summed E-state index contributed by atoms with van der Waals surface area (Å²) < 4.78 is 0. The summed E-state index contributed by atoms with van der Waals surface area (Å²) in [5, 5.41) is 11.6. The number of rotatable bonds is 0. The Kier molecular flexibility index (Phi) is 1.08. The van der Waals surface area contributed by atoms with Gasteiger partial charge in [0.2, 0.25) is 0 Å². The lowest BCUT2D eigenvalue weighted by atomic mass is 10.3. The second-order valence-corrected chi connectivity index (χ2v) is 1.46. The Hall–Kier alpha value is -0.0800. The molecule has 0 bridgehead atoms. The number of hydrogen-bond donors (Lipinski definition) is 2. The van der Waals surface area contributed by atoms with E-state index in [1.807, 2.05) is 6.42 Å². The van der Waals surface area contributed by atoms with Crippen molar-refractivity contribution in [1.82, 2.24) is 5.32 Å². The van der Waals surface area contributed by atoms with Crippen molar-refractivity contribution >= 4 is 0 Å². The third-order valence-electron chi connectivity index (χ3n) is 0.888. The Labute approximate surface area is 37.2 Å². The van der Waals surface area contributed by atoms with Gasteiger partial charge in [0.1, 0.15) is 0 Å². The first-order valence-corrected chi connectivity index (χ1v) is 2.12. The van der Waals surface area contributed by atoms with Crippen LogP contribution in [0.3, 0.4) is 0 Å². The predicted octanol–water partition coefficient (Wildman–Crippen LogP) is -0.845. The van der Waals surface area contributed by atoms with Gasteiger partial charge in [-0.25, -0.2) is 0 Å². The SMILES string of the molecule is OC1[CH]CNC1. The Balaban J connectivity index is 2.18. The van der Waals surface area contributed by atoms with Crippen molar-refractivity contribution in [3.63, 3.8) is 0 Å². The van der Waals surface area contributed by atoms with E-state index in [0.29, 0.717) is 0 Å². The van der Waals surface area contributed by atoms with E-state index in [-0.39, 0.29) is 6.10 Å². The summed E-state index contributed by atoms with van der Waals surface area (Å²) in [7, 11) is 0. The van der Waals surface area contributed by atoms with Gasteiger partial charge in [0.25, 0.3) is 0 Å². The van der Waals surface area contributed by atoms with E-state index in [4.69, 9.17) is 5.11 Å². The molecule has 2 N–H and O–H groups in total. The van der Waals surface area contributed by atoms with E-state index >= 15 is 0 Å². The van der Waals surface area contributed by atoms with Crippen molar-refractivity contribution in [3.05, 3.63) is 6.42 Å². The van der Waals surface area contributed by atoms with E-state index in [2.05, 4.69) is 5.32 Å². The van der Waals surface area contributed by atoms with Crippen molar-refractivity contribution < 1.29 is 5.11 Å². The molecular formula is C4H8NO. The third-order valence-corrected chi connectivity index (χ3v) is 0.888. The van der Waals surface area contributed by atoms with Crippen molar-refractivity contribution in [2.24, 2.45) is 0 Å². The van der Waals surface area contributed by atoms with Crippen LogP contribution in [0.4, 0.5) is 0 Å². The summed E-state index contributed by atoms with van der Waals surface area (Å²) >= 11 is 0. The summed E-state index contributed by atoms with van der Waals surface area (Å²) in [6, 6.07) is 0. The van der Waals surface area contributed by atoms with E-state index in [1.165, 1.54) is 0 Å². The van der Waals surface area contributed by atoms with Gasteiger partial charge < -0.3 is 10.4 Å². The van der Waals surface area contributed by atoms with Crippen LogP contribution in [-0.2, 0) is 0 Å². The molecular weight excluding hydrogens is 78.0 g/mol. The fourth-order valence-corrected chi connectivity index (χ4v) is 0.534. The first-order chi connectivity index (χ1) is 2.89. The second-order valence-electron chi connectivity index (χ2n) is 1.46. The van der Waals surface area contributed by atoms with Gasteiger partial charge in [-0.3, -0.25) is 0 Å². The minimum atomic E-state index is -0.190. The standard InChI is InChI=1S/C4H8NO/c6-4-1-2-5-3-4/h1,4-6H,2-3H2. The van der Waals surface area contributed by atoms with Gasteiger partial charge >= 0.3 is 0 Å². The van der Waals surface area contributed by atoms with Crippen LogP contribution in [0.5, 0.6) is 0 Å². The van der Waals surface area contributed by atoms with Crippen LogP contribution in [0.15, 0.2) is 0 Å². The quantitative estimate of drug-likeness (QED) is 0.402. The van der Waals surface area contributed by atoms with E-state index in [9.17, 15) is 0 Å². The molecule has 0 aromatic rings. The minimum absolute atomic E-state index is 0.190. The Morgan fingerprint density at radius 3 is 2.83 bits per heavy atom. The van der Waals surface area contributed by atoms with Gasteiger partial charge in [-0.05, 0) is 0 Å². The molecule has 1 heterocycles. The van der Waals surface area contributed by atoms with E-state index in [0.717, 1.165) is 13.1 Å². The fraction of sp³-hybridized carbons (Fsp3) is 0.750. The zero-order valence-electron chi connectivity index (χ0n) is 3.52. The Bertz CT molecular complexity index is 40.8. The van der Waals surface area contributed by atoms with Crippen molar-refractivity contribution in [1.29, 1.82) is 0 Å². The van der Waals surface area contributed by atoms with Gasteiger partial charge in [-0.15, -0.1) is 0 Å². The molecule has 0 amide bonds. The van der Waals surface area contributed by atoms with Crippen LogP contribution in [0, 0.1) is 6.42 Å². The monoisotopic (exact) mass is 86.1 g/mol. The predicted molar refractivity (Wildman–Crippen MR) is 23.2 cm³/mol. The molecule has 1 saturated heterocycles. The van der Waals surface area contributed by atoms with Gasteiger partial charge in [-0.1, -0.05) is 0 Å². The number of aliphatic hydroxyl groups is 1. The Morgan fingerprint density at radius 2 is 2.67 bits per heavy atom. The lowest BCUT2D eigenvalue weighted by Gasteiger charge is -1.90. The van der Waals surface area contributed by atoms with Gasteiger partial charge in [0, 0.05) is 19.5 Å². The minimum Gasteiger partial charge on any atom is -0.391 e. The number of aliphatic hydroxyl groups excluding tert-OH is 1. The van der Waals surface area contributed by atoms with Crippen LogP contribution < -0.4 is 5.32 Å². The average molecular weight is 86.1 g/mol. The molecule has 0 saturated carbocycles. The van der Waals surface area contributed by atoms with Gasteiger partial charge in [0.05, 0.1) is 6.10 Å². The molecule has 1 atom stereocenters. The fourth-order valence-electron chi connectivity index (χ4n) is 0.534. The van der Waals surface area contributed by atoms with Crippen molar-refractivity contribution in [3.8, 4) is 0 Å². The molecule has 1 unspecified atom stereocenters. The average Bonchev–Trinajstić information content (AvgIpc) is 1.86. The highest BCUT2D eigenvalue weighted by Crippen LogP contribution is 1.91. The molecule has 0 aliphatic carbocycles. The lowest BCUT2D eigenvalue weighted by molar-refractivity contribution is 0.227. The molecule has 2 nitrogen and oxygen atoms in total. The van der Waals surface area contributed by atoms with Crippen molar-refractivity contribution in [2.45, 2.75) is 6.10 Å². The van der Waals surface area contributed by atoms with Gasteiger partial charge in [0.15, 0.2) is 0 Å². The number of nitrogens with one attached hydrogen (secondary N) is 1. The highest BCUT2D eigenvalue weighted by atomic mass is 16.3. The molecule has 6 heavy (non-hydrogen) atoms. The highest BCUT2D eigenvalue weighted by Gasteiger charge is 2.08.